The summed E-state index contributed by atoms with van der Waals surface area (Å²) in [7, 11) is 0. The molecule has 1 aromatic carbocycles. The maximum Gasteiger partial charge on any atom is 0.0700 e. The summed E-state index contributed by atoms with van der Waals surface area (Å²) in [6.07, 6.45) is 1.51. The highest BCUT2D eigenvalue weighted by molar-refractivity contribution is 5.19. The minimum atomic E-state index is 0.364. The quantitative estimate of drug-likeness (QED) is 0.840. The molecule has 1 fully saturated rings. The molecule has 0 radical (unpaired) electrons. The molecule has 3 atom stereocenters. The highest BCUT2D eigenvalue weighted by Crippen LogP contribution is 2.16. The largest absolute Gasteiger partial charge is 0.377 e. The highest BCUT2D eigenvalue weighted by atomic mass is 16.5. The second-order valence-electron chi connectivity index (χ2n) is 4.69. The summed E-state index contributed by atoms with van der Waals surface area (Å²) >= 11 is 0. The molecule has 88 valence electrons. The fourth-order valence-corrected chi connectivity index (χ4v) is 2.23. The van der Waals surface area contributed by atoms with E-state index in [9.17, 15) is 0 Å². The Labute approximate surface area is 98.0 Å². The molecular weight excluding hydrogens is 198 g/mol. The van der Waals surface area contributed by atoms with Gasteiger partial charge in [0.25, 0.3) is 0 Å². The van der Waals surface area contributed by atoms with E-state index in [-0.39, 0.29) is 0 Å². The first-order chi connectivity index (χ1) is 7.77. The predicted molar refractivity (Wildman–Crippen MR) is 66.7 cm³/mol. The molecule has 0 spiro atoms. The molecule has 2 rings (SSSR count). The molecule has 16 heavy (non-hydrogen) atoms. The average molecular weight is 219 g/mol. The smallest absolute Gasteiger partial charge is 0.0700 e. The highest BCUT2D eigenvalue weighted by Gasteiger charge is 2.23. The third-order valence-electron chi connectivity index (χ3n) is 3.43. The van der Waals surface area contributed by atoms with E-state index in [1.807, 2.05) is 0 Å². The first-order valence-corrected chi connectivity index (χ1v) is 6.17. The van der Waals surface area contributed by atoms with E-state index in [1.54, 1.807) is 0 Å². The Kier molecular flexibility index (Phi) is 3.97. The number of rotatable bonds is 4. The van der Waals surface area contributed by atoms with Crippen LogP contribution < -0.4 is 5.32 Å². The van der Waals surface area contributed by atoms with Crippen LogP contribution in [-0.2, 0) is 4.74 Å². The van der Waals surface area contributed by atoms with Gasteiger partial charge in [0.05, 0.1) is 6.10 Å². The molecule has 1 saturated heterocycles. The number of hydrogen-bond donors (Lipinski definition) is 1. The Bertz CT molecular complexity index is 312. The van der Waals surface area contributed by atoms with Crippen LogP contribution in [0, 0.1) is 0 Å². The van der Waals surface area contributed by atoms with Gasteiger partial charge in [-0.25, -0.2) is 0 Å². The summed E-state index contributed by atoms with van der Waals surface area (Å²) in [6, 6.07) is 11.2. The lowest BCUT2D eigenvalue weighted by atomic mass is 10.0. The molecule has 3 unspecified atom stereocenters. The minimum Gasteiger partial charge on any atom is -0.377 e. The summed E-state index contributed by atoms with van der Waals surface area (Å²) in [6.45, 7) is 6.35. The molecule has 2 nitrogen and oxygen atoms in total. The van der Waals surface area contributed by atoms with Crippen molar-refractivity contribution in [2.45, 2.75) is 38.3 Å². The predicted octanol–water partition coefficient (Wildman–Crippen LogP) is 2.56. The molecule has 1 aromatic rings. The first kappa shape index (κ1) is 11.6. The fourth-order valence-electron chi connectivity index (χ4n) is 2.23. The first-order valence-electron chi connectivity index (χ1n) is 6.17. The summed E-state index contributed by atoms with van der Waals surface area (Å²) < 4.78 is 5.54. The molecule has 0 amide bonds. The zero-order chi connectivity index (χ0) is 11.4. The van der Waals surface area contributed by atoms with Crippen molar-refractivity contribution in [1.82, 2.24) is 5.32 Å². The van der Waals surface area contributed by atoms with Crippen molar-refractivity contribution < 1.29 is 4.74 Å². The lowest BCUT2D eigenvalue weighted by Gasteiger charge is -2.19. The van der Waals surface area contributed by atoms with Crippen LogP contribution in [0.25, 0.3) is 0 Å². The van der Waals surface area contributed by atoms with E-state index in [1.165, 1.54) is 5.56 Å². The number of benzene rings is 1. The van der Waals surface area contributed by atoms with Gasteiger partial charge >= 0.3 is 0 Å². The molecule has 0 aromatic heterocycles. The second-order valence-corrected chi connectivity index (χ2v) is 4.69. The summed E-state index contributed by atoms with van der Waals surface area (Å²) in [5.41, 5.74) is 1.40. The van der Waals surface area contributed by atoms with Crippen molar-refractivity contribution in [2.75, 3.05) is 13.2 Å². The van der Waals surface area contributed by atoms with Crippen LogP contribution in [0.4, 0.5) is 0 Å². The number of ether oxygens (including phenoxy) is 1. The van der Waals surface area contributed by atoms with Gasteiger partial charge < -0.3 is 10.1 Å². The van der Waals surface area contributed by atoms with Crippen LogP contribution in [-0.4, -0.2) is 25.3 Å². The average Bonchev–Trinajstić information content (AvgIpc) is 2.73. The standard InChI is InChI=1S/C14H21NO/c1-11(13-6-4-3-5-7-13)10-15-14-8-9-16-12(14)2/h3-7,11-12,14-15H,8-10H2,1-2H3. The van der Waals surface area contributed by atoms with Gasteiger partial charge in [0.15, 0.2) is 0 Å². The molecule has 0 aliphatic carbocycles. The van der Waals surface area contributed by atoms with Crippen LogP contribution in [0.2, 0.25) is 0 Å². The van der Waals surface area contributed by atoms with Gasteiger partial charge in [-0.1, -0.05) is 37.3 Å². The maximum absolute atomic E-state index is 5.54. The van der Waals surface area contributed by atoms with Crippen molar-refractivity contribution in [2.24, 2.45) is 0 Å². The normalized spacial score (nSPS) is 26.9. The molecule has 1 aliphatic rings. The second kappa shape index (κ2) is 5.46. The van der Waals surface area contributed by atoms with Gasteiger partial charge in [-0.05, 0) is 24.8 Å². The molecule has 1 aliphatic heterocycles. The van der Waals surface area contributed by atoms with E-state index in [0.29, 0.717) is 18.1 Å². The van der Waals surface area contributed by atoms with Crippen molar-refractivity contribution in [3.05, 3.63) is 35.9 Å². The number of hydrogen-bond acceptors (Lipinski definition) is 2. The van der Waals surface area contributed by atoms with Gasteiger partial charge in [0, 0.05) is 19.2 Å². The fraction of sp³-hybridized carbons (Fsp3) is 0.571. The molecule has 0 saturated carbocycles. The van der Waals surface area contributed by atoms with E-state index in [2.05, 4.69) is 49.5 Å². The van der Waals surface area contributed by atoms with Gasteiger partial charge in [-0.3, -0.25) is 0 Å². The molecule has 1 heterocycles. The Morgan fingerprint density at radius 1 is 1.38 bits per heavy atom. The van der Waals surface area contributed by atoms with Gasteiger partial charge in [0.2, 0.25) is 0 Å². The van der Waals surface area contributed by atoms with E-state index >= 15 is 0 Å². The lowest BCUT2D eigenvalue weighted by Crippen LogP contribution is -2.36. The summed E-state index contributed by atoms with van der Waals surface area (Å²) in [5.74, 6) is 0.564. The van der Waals surface area contributed by atoms with E-state index in [4.69, 9.17) is 4.74 Å². The molecular formula is C14H21NO. The minimum absolute atomic E-state index is 0.364. The zero-order valence-corrected chi connectivity index (χ0v) is 10.1. The number of nitrogens with one attached hydrogen (secondary N) is 1. The molecule has 2 heteroatoms. The van der Waals surface area contributed by atoms with Crippen LogP contribution >= 0.6 is 0 Å². The van der Waals surface area contributed by atoms with Crippen LogP contribution in [0.5, 0.6) is 0 Å². The topological polar surface area (TPSA) is 21.3 Å². The third-order valence-corrected chi connectivity index (χ3v) is 3.43. The lowest BCUT2D eigenvalue weighted by molar-refractivity contribution is 0.113. The van der Waals surface area contributed by atoms with E-state index < -0.39 is 0 Å². The summed E-state index contributed by atoms with van der Waals surface area (Å²) in [4.78, 5) is 0. The zero-order valence-electron chi connectivity index (χ0n) is 10.1. The van der Waals surface area contributed by atoms with Crippen molar-refractivity contribution in [3.63, 3.8) is 0 Å². The van der Waals surface area contributed by atoms with Crippen molar-refractivity contribution in [1.29, 1.82) is 0 Å². The third kappa shape index (κ3) is 2.83. The molecule has 1 N–H and O–H groups in total. The maximum atomic E-state index is 5.54. The van der Waals surface area contributed by atoms with Crippen LogP contribution in [0.3, 0.4) is 0 Å². The Balaban J connectivity index is 1.82. The van der Waals surface area contributed by atoms with Gasteiger partial charge in [-0.15, -0.1) is 0 Å². The van der Waals surface area contributed by atoms with E-state index in [0.717, 1.165) is 19.6 Å². The Morgan fingerprint density at radius 3 is 2.75 bits per heavy atom. The van der Waals surface area contributed by atoms with Crippen molar-refractivity contribution in [3.8, 4) is 0 Å². The van der Waals surface area contributed by atoms with Crippen LogP contribution in [0.1, 0.15) is 31.7 Å². The van der Waals surface area contributed by atoms with Crippen LogP contribution in [0.15, 0.2) is 30.3 Å². The monoisotopic (exact) mass is 219 g/mol. The summed E-state index contributed by atoms with van der Waals surface area (Å²) in [5, 5.41) is 3.60. The van der Waals surface area contributed by atoms with Crippen molar-refractivity contribution >= 4 is 0 Å². The van der Waals surface area contributed by atoms with Gasteiger partial charge in [-0.2, -0.15) is 0 Å². The Hall–Kier alpha value is -0.860. The Morgan fingerprint density at radius 2 is 2.12 bits per heavy atom. The van der Waals surface area contributed by atoms with Gasteiger partial charge in [0.1, 0.15) is 0 Å². The SMILES string of the molecule is CC(CNC1CCOC1C)c1ccccc1. The molecule has 0 bridgehead atoms.